The second-order valence-electron chi connectivity index (χ2n) is 5.53. The quantitative estimate of drug-likeness (QED) is 0.575. The third kappa shape index (κ3) is 5.89. The van der Waals surface area contributed by atoms with Crippen LogP contribution in [0.3, 0.4) is 0 Å². The lowest BCUT2D eigenvalue weighted by atomic mass is 10.2. The number of hydrogen-bond acceptors (Lipinski definition) is 4. The van der Waals surface area contributed by atoms with Gasteiger partial charge in [0.1, 0.15) is 5.75 Å². The van der Waals surface area contributed by atoms with Crippen LogP contribution in [0.4, 0.5) is 5.69 Å². The zero-order valence-corrected chi connectivity index (χ0v) is 15.3. The number of rotatable bonds is 7. The van der Waals surface area contributed by atoms with Crippen LogP contribution in [-0.2, 0) is 9.59 Å². The molecule has 0 aliphatic heterocycles. The minimum atomic E-state index is -0.340. The van der Waals surface area contributed by atoms with E-state index in [9.17, 15) is 9.59 Å². The highest BCUT2D eigenvalue weighted by atomic mass is 35.5. The zero-order chi connectivity index (χ0) is 18.9. The molecule has 0 heterocycles. The summed E-state index contributed by atoms with van der Waals surface area (Å²) in [5, 5.41) is 7.19. The van der Waals surface area contributed by atoms with E-state index in [-0.39, 0.29) is 24.7 Å². The van der Waals surface area contributed by atoms with Crippen LogP contribution in [0.5, 0.6) is 5.75 Å². The van der Waals surface area contributed by atoms with Crippen LogP contribution in [0.25, 0.3) is 0 Å². The number of halogens is 1. The predicted octanol–water partition coefficient (Wildman–Crippen LogP) is 3.53. The zero-order valence-electron chi connectivity index (χ0n) is 14.6. The molecule has 0 aliphatic carbocycles. The van der Waals surface area contributed by atoms with Gasteiger partial charge in [-0.1, -0.05) is 17.7 Å². The van der Waals surface area contributed by atoms with Crippen molar-refractivity contribution < 1.29 is 14.3 Å². The van der Waals surface area contributed by atoms with E-state index in [1.165, 1.54) is 6.21 Å². The Morgan fingerprint density at radius 2 is 1.81 bits per heavy atom. The van der Waals surface area contributed by atoms with Gasteiger partial charge < -0.3 is 10.1 Å². The van der Waals surface area contributed by atoms with Gasteiger partial charge in [0, 0.05) is 23.6 Å². The van der Waals surface area contributed by atoms with Crippen molar-refractivity contribution in [2.24, 2.45) is 5.10 Å². The van der Waals surface area contributed by atoms with Crippen LogP contribution >= 0.6 is 11.6 Å². The Hall–Kier alpha value is -2.86. The van der Waals surface area contributed by atoms with Gasteiger partial charge in [-0.05, 0) is 54.4 Å². The first-order valence-corrected chi connectivity index (χ1v) is 8.38. The van der Waals surface area contributed by atoms with Gasteiger partial charge in [0.2, 0.25) is 11.8 Å². The molecule has 2 N–H and O–H groups in total. The van der Waals surface area contributed by atoms with Crippen LogP contribution < -0.4 is 15.5 Å². The van der Waals surface area contributed by atoms with E-state index in [0.717, 1.165) is 16.9 Å². The molecule has 2 rings (SSSR count). The number of anilines is 1. The smallest absolute Gasteiger partial charge is 0.240 e. The summed E-state index contributed by atoms with van der Waals surface area (Å²) >= 11 is 6.01. The molecule has 0 unspecified atom stereocenters. The minimum Gasteiger partial charge on any atom is -0.497 e. The minimum absolute atomic E-state index is 0.0331. The standard InChI is InChI=1S/C19H20ClN3O3/c1-13-16(20)4-3-5-17(13)22-18(24)10-11-19(25)23-21-12-14-6-8-15(26-2)9-7-14/h3-9,12H,10-11H2,1-2H3,(H,22,24)(H,23,25)/b21-12-. The molecule has 7 heteroatoms. The van der Waals surface area contributed by atoms with Crippen molar-refractivity contribution in [3.63, 3.8) is 0 Å². The van der Waals surface area contributed by atoms with Crippen molar-refractivity contribution in [2.75, 3.05) is 12.4 Å². The molecule has 136 valence electrons. The topological polar surface area (TPSA) is 79.8 Å². The lowest BCUT2D eigenvalue weighted by Crippen LogP contribution is -2.20. The van der Waals surface area contributed by atoms with Crippen LogP contribution in [0.2, 0.25) is 5.02 Å². The Bertz CT molecular complexity index is 804. The van der Waals surface area contributed by atoms with E-state index in [1.807, 2.05) is 19.1 Å². The molecule has 0 radical (unpaired) electrons. The fraction of sp³-hybridized carbons (Fsp3) is 0.211. The van der Waals surface area contributed by atoms with Gasteiger partial charge in [-0.15, -0.1) is 0 Å². The Morgan fingerprint density at radius 1 is 1.12 bits per heavy atom. The number of nitrogens with zero attached hydrogens (tertiary/aromatic N) is 1. The number of hydrazone groups is 1. The number of methoxy groups -OCH3 is 1. The summed E-state index contributed by atoms with van der Waals surface area (Å²) < 4.78 is 5.06. The highest BCUT2D eigenvalue weighted by molar-refractivity contribution is 6.31. The number of carbonyl (C=O) groups excluding carboxylic acids is 2. The first kappa shape index (κ1) is 19.5. The highest BCUT2D eigenvalue weighted by Gasteiger charge is 2.09. The van der Waals surface area contributed by atoms with E-state index in [0.29, 0.717) is 10.7 Å². The molecular weight excluding hydrogens is 354 g/mol. The molecule has 2 aromatic rings. The molecule has 0 bridgehead atoms. The normalized spacial score (nSPS) is 10.6. The summed E-state index contributed by atoms with van der Waals surface area (Å²) in [6.07, 6.45) is 1.61. The summed E-state index contributed by atoms with van der Waals surface area (Å²) in [6.45, 7) is 1.82. The third-order valence-electron chi connectivity index (χ3n) is 3.64. The average Bonchev–Trinajstić information content (AvgIpc) is 2.64. The number of benzene rings is 2. The Balaban J connectivity index is 1.76. The number of carbonyl (C=O) groups is 2. The van der Waals surface area contributed by atoms with Gasteiger partial charge in [-0.3, -0.25) is 9.59 Å². The van der Waals surface area contributed by atoms with Crippen LogP contribution in [0.15, 0.2) is 47.6 Å². The van der Waals surface area contributed by atoms with Crippen LogP contribution in [-0.4, -0.2) is 25.1 Å². The van der Waals surface area contributed by atoms with Crippen molar-refractivity contribution in [2.45, 2.75) is 19.8 Å². The van der Waals surface area contributed by atoms with Crippen LogP contribution in [0.1, 0.15) is 24.0 Å². The van der Waals surface area contributed by atoms with Crippen LogP contribution in [0, 0.1) is 6.92 Å². The van der Waals surface area contributed by atoms with Gasteiger partial charge in [-0.25, -0.2) is 5.43 Å². The summed E-state index contributed by atoms with van der Waals surface area (Å²) in [5.41, 5.74) is 4.64. The van der Waals surface area contributed by atoms with Crippen molar-refractivity contribution in [1.29, 1.82) is 0 Å². The van der Waals surface area contributed by atoms with Gasteiger partial charge in [0.15, 0.2) is 0 Å². The number of amides is 2. The molecule has 0 atom stereocenters. The molecule has 6 nitrogen and oxygen atoms in total. The second kappa shape index (κ2) is 9.58. The van der Waals surface area contributed by atoms with E-state index in [2.05, 4.69) is 15.8 Å². The molecule has 2 aromatic carbocycles. The second-order valence-corrected chi connectivity index (χ2v) is 5.93. The highest BCUT2D eigenvalue weighted by Crippen LogP contribution is 2.23. The summed E-state index contributed by atoms with van der Waals surface area (Å²) in [4.78, 5) is 23.7. The van der Waals surface area contributed by atoms with E-state index in [4.69, 9.17) is 16.3 Å². The fourth-order valence-electron chi connectivity index (χ4n) is 2.11. The molecule has 0 spiro atoms. The van der Waals surface area contributed by atoms with Gasteiger partial charge in [0.05, 0.1) is 13.3 Å². The monoisotopic (exact) mass is 373 g/mol. The maximum atomic E-state index is 12.0. The molecule has 0 aromatic heterocycles. The fourth-order valence-corrected chi connectivity index (χ4v) is 2.28. The van der Waals surface area contributed by atoms with Crippen molar-refractivity contribution >= 4 is 35.3 Å². The summed E-state index contributed by atoms with van der Waals surface area (Å²) in [5.74, 6) is 0.143. The number of nitrogens with one attached hydrogen (secondary N) is 2. The molecule has 0 saturated carbocycles. The maximum absolute atomic E-state index is 12.0. The lowest BCUT2D eigenvalue weighted by Gasteiger charge is -2.09. The number of hydrogen-bond donors (Lipinski definition) is 2. The predicted molar refractivity (Wildman–Crippen MR) is 103 cm³/mol. The number of ether oxygens (including phenoxy) is 1. The van der Waals surface area contributed by atoms with Gasteiger partial charge in [-0.2, -0.15) is 5.10 Å². The van der Waals surface area contributed by atoms with Crippen molar-refractivity contribution in [1.82, 2.24) is 5.43 Å². The third-order valence-corrected chi connectivity index (χ3v) is 4.05. The first-order valence-electron chi connectivity index (χ1n) is 8.00. The molecule has 0 saturated heterocycles. The van der Waals surface area contributed by atoms with Crippen molar-refractivity contribution in [3.05, 3.63) is 58.6 Å². The largest absolute Gasteiger partial charge is 0.497 e. The maximum Gasteiger partial charge on any atom is 0.240 e. The lowest BCUT2D eigenvalue weighted by molar-refractivity contribution is -0.124. The molecule has 0 aliphatic rings. The SMILES string of the molecule is COc1ccc(/C=N\NC(=O)CCC(=O)Nc2cccc(Cl)c2C)cc1. The molecular formula is C19H20ClN3O3. The Morgan fingerprint density at radius 3 is 2.50 bits per heavy atom. The summed E-state index contributed by atoms with van der Waals surface area (Å²) in [7, 11) is 1.59. The van der Waals surface area contributed by atoms with Crippen molar-refractivity contribution in [3.8, 4) is 5.75 Å². The first-order chi connectivity index (χ1) is 12.5. The Labute approximate surface area is 157 Å². The molecule has 0 fully saturated rings. The van der Waals surface area contributed by atoms with Gasteiger partial charge >= 0.3 is 0 Å². The van der Waals surface area contributed by atoms with E-state index in [1.54, 1.807) is 37.4 Å². The molecule has 26 heavy (non-hydrogen) atoms. The Kier molecular flexibility index (Phi) is 7.17. The molecule has 2 amide bonds. The van der Waals surface area contributed by atoms with Gasteiger partial charge in [0.25, 0.3) is 0 Å². The van der Waals surface area contributed by atoms with E-state index < -0.39 is 0 Å². The van der Waals surface area contributed by atoms with E-state index >= 15 is 0 Å². The summed E-state index contributed by atoms with van der Waals surface area (Å²) in [6, 6.07) is 12.5. The average molecular weight is 374 g/mol.